The predicted octanol–water partition coefficient (Wildman–Crippen LogP) is 3.67. The minimum Gasteiger partial charge on any atom is -0.481 e. The van der Waals surface area contributed by atoms with Crippen LogP contribution in [0.5, 0.6) is 5.75 Å². The van der Waals surface area contributed by atoms with E-state index in [4.69, 9.17) is 4.74 Å². The Morgan fingerprint density at radius 2 is 1.79 bits per heavy atom. The fourth-order valence-corrected chi connectivity index (χ4v) is 3.92. The van der Waals surface area contributed by atoms with E-state index in [1.807, 2.05) is 66.1 Å². The molecule has 1 aromatic heterocycles. The molecule has 9 heteroatoms. The number of hydrogen-bond acceptors (Lipinski definition) is 6. The minimum atomic E-state index is -0.647. The molecule has 8 nitrogen and oxygen atoms in total. The summed E-state index contributed by atoms with van der Waals surface area (Å²) in [7, 11) is 0. The lowest BCUT2D eigenvalue weighted by atomic mass is 10.2. The van der Waals surface area contributed by atoms with Crippen LogP contribution in [0, 0.1) is 0 Å². The molecular formula is C24H29N5O3S. The monoisotopic (exact) mass is 467 g/mol. The van der Waals surface area contributed by atoms with Gasteiger partial charge in [-0.2, -0.15) is 0 Å². The summed E-state index contributed by atoms with van der Waals surface area (Å²) in [5, 5.41) is 14.7. The van der Waals surface area contributed by atoms with Gasteiger partial charge in [-0.05, 0) is 50.1 Å². The number of aryl methyl sites for hydroxylation is 1. The number of anilines is 1. The van der Waals surface area contributed by atoms with Crippen LogP contribution in [0.2, 0.25) is 0 Å². The van der Waals surface area contributed by atoms with Crippen molar-refractivity contribution < 1.29 is 14.3 Å². The predicted molar refractivity (Wildman–Crippen MR) is 129 cm³/mol. The summed E-state index contributed by atoms with van der Waals surface area (Å²) < 4.78 is 7.62. The topological polar surface area (TPSA) is 98.1 Å². The van der Waals surface area contributed by atoms with E-state index in [0.29, 0.717) is 23.3 Å². The number of carbonyl (C=O) groups is 2. The van der Waals surface area contributed by atoms with E-state index in [0.717, 1.165) is 12.1 Å². The van der Waals surface area contributed by atoms with Crippen LogP contribution in [0.4, 0.5) is 5.69 Å². The molecule has 3 rings (SSSR count). The van der Waals surface area contributed by atoms with E-state index in [2.05, 4.69) is 27.8 Å². The van der Waals surface area contributed by atoms with Gasteiger partial charge in [-0.15, -0.1) is 10.2 Å². The van der Waals surface area contributed by atoms with E-state index >= 15 is 0 Å². The Bertz CT molecular complexity index is 1050. The third kappa shape index (κ3) is 7.08. The molecule has 0 unspecified atom stereocenters. The molecule has 2 amide bonds. The molecule has 0 radical (unpaired) electrons. The lowest BCUT2D eigenvalue weighted by molar-refractivity contribution is -0.127. The third-order valence-electron chi connectivity index (χ3n) is 4.93. The van der Waals surface area contributed by atoms with E-state index in [1.54, 1.807) is 6.92 Å². The molecule has 0 aliphatic rings. The largest absolute Gasteiger partial charge is 0.481 e. The van der Waals surface area contributed by atoms with Gasteiger partial charge in [0.25, 0.3) is 5.91 Å². The summed E-state index contributed by atoms with van der Waals surface area (Å²) in [6, 6.07) is 17.0. The van der Waals surface area contributed by atoms with Crippen LogP contribution in [-0.2, 0) is 29.1 Å². The highest BCUT2D eigenvalue weighted by atomic mass is 32.2. The van der Waals surface area contributed by atoms with Gasteiger partial charge >= 0.3 is 0 Å². The van der Waals surface area contributed by atoms with Crippen molar-refractivity contribution in [1.82, 2.24) is 20.1 Å². The number of ether oxygens (including phenoxy) is 1. The second-order valence-electron chi connectivity index (χ2n) is 7.32. The number of carbonyl (C=O) groups excluding carboxylic acids is 2. The highest BCUT2D eigenvalue weighted by Gasteiger charge is 2.18. The van der Waals surface area contributed by atoms with Gasteiger partial charge in [0.05, 0.1) is 12.3 Å². The molecule has 2 N–H and O–H groups in total. The molecule has 1 heterocycles. The van der Waals surface area contributed by atoms with Gasteiger partial charge < -0.3 is 19.9 Å². The molecule has 174 valence electrons. The number of nitrogens with zero attached hydrogens (tertiary/aromatic N) is 3. The van der Waals surface area contributed by atoms with E-state index in [1.165, 1.54) is 17.3 Å². The normalized spacial score (nSPS) is 11.6. The highest BCUT2D eigenvalue weighted by molar-refractivity contribution is 7.99. The molecule has 0 aliphatic heterocycles. The van der Waals surface area contributed by atoms with Gasteiger partial charge in [0, 0.05) is 12.2 Å². The Morgan fingerprint density at radius 3 is 2.45 bits per heavy atom. The zero-order valence-corrected chi connectivity index (χ0v) is 19.9. The van der Waals surface area contributed by atoms with E-state index in [9.17, 15) is 9.59 Å². The number of thioether (sulfide) groups is 1. The van der Waals surface area contributed by atoms with Gasteiger partial charge in [0.15, 0.2) is 17.1 Å². The molecule has 0 fully saturated rings. The Kier molecular flexibility index (Phi) is 8.88. The highest BCUT2D eigenvalue weighted by Crippen LogP contribution is 2.18. The van der Waals surface area contributed by atoms with Gasteiger partial charge in [-0.25, -0.2) is 0 Å². The van der Waals surface area contributed by atoms with Crippen molar-refractivity contribution in [2.45, 2.75) is 51.5 Å². The lowest BCUT2D eigenvalue weighted by Gasteiger charge is -2.15. The van der Waals surface area contributed by atoms with Crippen LogP contribution >= 0.6 is 11.8 Å². The molecule has 0 saturated heterocycles. The molecule has 0 aliphatic carbocycles. The fraction of sp³-hybridized carbons (Fsp3) is 0.333. The van der Waals surface area contributed by atoms with Crippen molar-refractivity contribution in [3.05, 3.63) is 66.0 Å². The standard InChI is InChI=1S/C24H29N5O3S/c1-4-18-11-13-20(14-12-18)32-17(3)23(31)25-15-21-27-28-24(29(21)5-2)33-16-22(30)26-19-9-7-6-8-10-19/h6-14,17H,4-5,15-16H2,1-3H3,(H,25,31)(H,26,30)/t17-/m1/s1. The van der Waals surface area contributed by atoms with Crippen molar-refractivity contribution in [2.24, 2.45) is 0 Å². The van der Waals surface area contributed by atoms with Crippen LogP contribution in [0.15, 0.2) is 59.8 Å². The smallest absolute Gasteiger partial charge is 0.261 e. The number of benzene rings is 2. The number of nitrogens with one attached hydrogen (secondary N) is 2. The average Bonchev–Trinajstić information content (AvgIpc) is 3.24. The van der Waals surface area contributed by atoms with Crippen molar-refractivity contribution in [3.63, 3.8) is 0 Å². The van der Waals surface area contributed by atoms with Crippen LogP contribution in [0.1, 0.15) is 32.2 Å². The van der Waals surface area contributed by atoms with Gasteiger partial charge in [-0.1, -0.05) is 49.0 Å². The summed E-state index contributed by atoms with van der Waals surface area (Å²) in [6.45, 7) is 6.61. The third-order valence-corrected chi connectivity index (χ3v) is 5.90. The molecule has 0 bridgehead atoms. The molecule has 2 aromatic carbocycles. The van der Waals surface area contributed by atoms with Crippen molar-refractivity contribution in [1.29, 1.82) is 0 Å². The molecule has 3 aromatic rings. The molecule has 0 spiro atoms. The zero-order chi connectivity index (χ0) is 23.6. The first-order chi connectivity index (χ1) is 16.0. The summed E-state index contributed by atoms with van der Waals surface area (Å²) in [4.78, 5) is 24.7. The number of rotatable bonds is 11. The van der Waals surface area contributed by atoms with Gasteiger partial charge in [0.2, 0.25) is 5.91 Å². The first kappa shape index (κ1) is 24.3. The number of aromatic nitrogens is 3. The number of hydrogen-bond donors (Lipinski definition) is 2. The lowest BCUT2D eigenvalue weighted by Crippen LogP contribution is -2.36. The summed E-state index contributed by atoms with van der Waals surface area (Å²) in [5.41, 5.74) is 1.96. The maximum Gasteiger partial charge on any atom is 0.261 e. The molecule has 33 heavy (non-hydrogen) atoms. The maximum absolute atomic E-state index is 12.5. The van der Waals surface area contributed by atoms with E-state index < -0.39 is 6.10 Å². The van der Waals surface area contributed by atoms with Crippen LogP contribution in [0.3, 0.4) is 0 Å². The van der Waals surface area contributed by atoms with Crippen molar-refractivity contribution in [2.75, 3.05) is 11.1 Å². The summed E-state index contributed by atoms with van der Waals surface area (Å²) in [5.74, 6) is 1.12. The van der Waals surface area contributed by atoms with Crippen molar-refractivity contribution in [3.8, 4) is 5.75 Å². The Balaban J connectivity index is 1.50. The zero-order valence-electron chi connectivity index (χ0n) is 19.1. The molecule has 0 saturated carbocycles. The van der Waals surface area contributed by atoms with Gasteiger partial charge in [-0.3, -0.25) is 9.59 Å². The van der Waals surface area contributed by atoms with Gasteiger partial charge in [0.1, 0.15) is 5.75 Å². The number of para-hydroxylation sites is 1. The average molecular weight is 468 g/mol. The first-order valence-electron chi connectivity index (χ1n) is 10.9. The first-order valence-corrected chi connectivity index (χ1v) is 11.9. The quantitative estimate of drug-likeness (QED) is 0.418. The van der Waals surface area contributed by atoms with Crippen LogP contribution in [0.25, 0.3) is 0 Å². The second kappa shape index (κ2) is 12.1. The van der Waals surface area contributed by atoms with Crippen molar-refractivity contribution >= 4 is 29.3 Å². The SMILES string of the molecule is CCc1ccc(O[C@H](C)C(=O)NCc2nnc(SCC(=O)Nc3ccccc3)n2CC)cc1. The summed E-state index contributed by atoms with van der Waals surface area (Å²) in [6.07, 6.45) is 0.304. The van der Waals surface area contributed by atoms with Crippen LogP contribution < -0.4 is 15.4 Å². The van der Waals surface area contributed by atoms with Crippen LogP contribution in [-0.4, -0.2) is 38.4 Å². The fourth-order valence-electron chi connectivity index (χ4n) is 3.09. The second-order valence-corrected chi connectivity index (χ2v) is 8.26. The van der Waals surface area contributed by atoms with E-state index in [-0.39, 0.29) is 24.1 Å². The number of amides is 2. The molecule has 1 atom stereocenters. The Labute approximate surface area is 198 Å². The summed E-state index contributed by atoms with van der Waals surface area (Å²) >= 11 is 1.30. The Hall–Kier alpha value is -3.33. The Morgan fingerprint density at radius 1 is 1.06 bits per heavy atom. The minimum absolute atomic E-state index is 0.121. The molecular weight excluding hydrogens is 438 g/mol. The maximum atomic E-state index is 12.5.